The Morgan fingerprint density at radius 3 is 3.11 bits per heavy atom. The Morgan fingerprint density at radius 1 is 1.44 bits per heavy atom. The molecule has 2 aromatic heterocycles. The molecule has 0 bridgehead atoms. The lowest BCUT2D eigenvalue weighted by atomic mass is 10.3. The van der Waals surface area contributed by atoms with Crippen molar-refractivity contribution >= 4 is 17.4 Å². The molecular formula is C12H18N4OS. The first-order valence-electron chi connectivity index (χ1n) is 6.00. The molecule has 0 spiro atoms. The first-order valence-corrected chi connectivity index (χ1v) is 6.98. The van der Waals surface area contributed by atoms with E-state index in [0.717, 1.165) is 23.1 Å². The fraction of sp³-hybridized carbons (Fsp3) is 0.500. The predicted molar refractivity (Wildman–Crippen MR) is 73.1 cm³/mol. The van der Waals surface area contributed by atoms with Gasteiger partial charge in [-0.05, 0) is 18.7 Å². The van der Waals surface area contributed by atoms with E-state index in [1.54, 1.807) is 18.9 Å². The van der Waals surface area contributed by atoms with Crippen LogP contribution in [0.4, 0.5) is 0 Å². The van der Waals surface area contributed by atoms with E-state index in [9.17, 15) is 0 Å². The number of hydrogen-bond acceptors (Lipinski definition) is 5. The molecule has 0 saturated heterocycles. The van der Waals surface area contributed by atoms with Crippen molar-refractivity contribution in [1.29, 1.82) is 0 Å². The van der Waals surface area contributed by atoms with Crippen molar-refractivity contribution in [3.8, 4) is 0 Å². The predicted octanol–water partition coefficient (Wildman–Crippen LogP) is 1.45. The molecule has 1 atom stereocenters. The largest absolute Gasteiger partial charge is 0.383 e. The highest BCUT2D eigenvalue weighted by Crippen LogP contribution is 2.17. The van der Waals surface area contributed by atoms with Gasteiger partial charge in [0.2, 0.25) is 0 Å². The van der Waals surface area contributed by atoms with Gasteiger partial charge in [0.15, 0.2) is 10.8 Å². The van der Waals surface area contributed by atoms with Crippen LogP contribution >= 0.6 is 11.8 Å². The van der Waals surface area contributed by atoms with Gasteiger partial charge in [0.25, 0.3) is 0 Å². The van der Waals surface area contributed by atoms with E-state index in [0.29, 0.717) is 12.6 Å². The number of likely N-dealkylation sites (N-methyl/N-ethyl adjacent to an activating group) is 1. The maximum atomic E-state index is 5.20. The minimum atomic E-state index is 0.334. The van der Waals surface area contributed by atoms with Crippen LogP contribution in [0.25, 0.3) is 5.65 Å². The summed E-state index contributed by atoms with van der Waals surface area (Å²) in [6, 6.07) is 6.23. The van der Waals surface area contributed by atoms with Crippen LogP contribution in [-0.4, -0.2) is 46.7 Å². The van der Waals surface area contributed by atoms with E-state index in [-0.39, 0.29) is 0 Å². The molecule has 5 nitrogen and oxygen atoms in total. The minimum absolute atomic E-state index is 0.334. The number of rotatable bonds is 7. The van der Waals surface area contributed by atoms with E-state index < -0.39 is 0 Å². The van der Waals surface area contributed by atoms with Gasteiger partial charge in [-0.3, -0.25) is 4.40 Å². The standard InChI is InChI=1S/C12H18N4OS/c1-3-13-10(8-17-2)9-18-12-15-14-11-6-4-5-7-16(11)12/h4-7,10,13H,3,8-9H2,1-2H3. The molecule has 2 aromatic rings. The van der Waals surface area contributed by atoms with Crippen molar-refractivity contribution in [2.45, 2.75) is 18.1 Å². The molecule has 0 aliphatic rings. The normalized spacial score (nSPS) is 13.0. The molecule has 0 aromatic carbocycles. The summed E-state index contributed by atoms with van der Waals surface area (Å²) in [4.78, 5) is 0. The Labute approximate surface area is 111 Å². The van der Waals surface area contributed by atoms with Crippen molar-refractivity contribution < 1.29 is 4.74 Å². The van der Waals surface area contributed by atoms with Gasteiger partial charge in [0, 0.05) is 25.1 Å². The number of methoxy groups -OCH3 is 1. The van der Waals surface area contributed by atoms with Crippen molar-refractivity contribution in [3.63, 3.8) is 0 Å². The molecule has 0 aliphatic carbocycles. The molecule has 2 heterocycles. The average Bonchev–Trinajstić information content (AvgIpc) is 2.80. The number of pyridine rings is 1. The molecule has 0 saturated carbocycles. The molecule has 6 heteroatoms. The van der Waals surface area contributed by atoms with Crippen molar-refractivity contribution in [3.05, 3.63) is 24.4 Å². The van der Waals surface area contributed by atoms with Crippen LogP contribution in [0.3, 0.4) is 0 Å². The Bertz CT molecular complexity index is 482. The summed E-state index contributed by atoms with van der Waals surface area (Å²) in [7, 11) is 1.72. The van der Waals surface area contributed by atoms with Gasteiger partial charge in [-0.1, -0.05) is 24.8 Å². The second kappa shape index (κ2) is 6.72. The van der Waals surface area contributed by atoms with Gasteiger partial charge >= 0.3 is 0 Å². The molecule has 1 unspecified atom stereocenters. The van der Waals surface area contributed by atoms with Gasteiger partial charge in [0.1, 0.15) is 0 Å². The minimum Gasteiger partial charge on any atom is -0.383 e. The zero-order valence-electron chi connectivity index (χ0n) is 10.7. The maximum absolute atomic E-state index is 5.20. The molecule has 1 N–H and O–H groups in total. The van der Waals surface area contributed by atoms with Crippen LogP contribution in [0.15, 0.2) is 29.6 Å². The number of nitrogens with zero attached hydrogens (tertiary/aromatic N) is 3. The Morgan fingerprint density at radius 2 is 2.33 bits per heavy atom. The van der Waals surface area contributed by atoms with E-state index in [1.165, 1.54) is 0 Å². The number of ether oxygens (including phenoxy) is 1. The second-order valence-electron chi connectivity index (χ2n) is 3.93. The Hall–Kier alpha value is -1.11. The zero-order valence-corrected chi connectivity index (χ0v) is 11.5. The van der Waals surface area contributed by atoms with Gasteiger partial charge in [-0.2, -0.15) is 0 Å². The third-order valence-electron chi connectivity index (χ3n) is 2.56. The second-order valence-corrected chi connectivity index (χ2v) is 4.92. The molecule has 18 heavy (non-hydrogen) atoms. The van der Waals surface area contributed by atoms with Gasteiger partial charge in [-0.15, -0.1) is 10.2 Å². The topological polar surface area (TPSA) is 51.5 Å². The molecule has 0 radical (unpaired) electrons. The molecule has 0 amide bonds. The first kappa shape index (κ1) is 13.3. The van der Waals surface area contributed by atoms with Crippen molar-refractivity contribution in [1.82, 2.24) is 19.9 Å². The fourth-order valence-corrected chi connectivity index (χ4v) is 2.71. The molecular weight excluding hydrogens is 248 g/mol. The van der Waals surface area contributed by atoms with Crippen LogP contribution in [0, 0.1) is 0 Å². The van der Waals surface area contributed by atoms with Crippen molar-refractivity contribution in [2.24, 2.45) is 0 Å². The fourth-order valence-electron chi connectivity index (χ4n) is 1.75. The van der Waals surface area contributed by atoms with Crippen molar-refractivity contribution in [2.75, 3.05) is 26.0 Å². The van der Waals surface area contributed by atoms with E-state index in [4.69, 9.17) is 4.74 Å². The van der Waals surface area contributed by atoms with Crippen LogP contribution in [0.5, 0.6) is 0 Å². The third kappa shape index (κ3) is 3.22. The monoisotopic (exact) mass is 266 g/mol. The van der Waals surface area contributed by atoms with E-state index in [2.05, 4.69) is 22.4 Å². The van der Waals surface area contributed by atoms with Crippen LogP contribution < -0.4 is 5.32 Å². The summed E-state index contributed by atoms with van der Waals surface area (Å²) >= 11 is 1.69. The number of nitrogens with one attached hydrogen (secondary N) is 1. The summed E-state index contributed by atoms with van der Waals surface area (Å²) in [5, 5.41) is 12.6. The van der Waals surface area contributed by atoms with Crippen LogP contribution in [-0.2, 0) is 4.74 Å². The smallest absolute Gasteiger partial charge is 0.195 e. The van der Waals surface area contributed by atoms with Crippen LogP contribution in [0.1, 0.15) is 6.92 Å². The number of fused-ring (bicyclic) bond motifs is 1. The summed E-state index contributed by atoms with van der Waals surface area (Å²) in [5.41, 5.74) is 0.881. The molecule has 0 aliphatic heterocycles. The molecule has 0 fully saturated rings. The van der Waals surface area contributed by atoms with E-state index in [1.807, 2.05) is 28.8 Å². The highest BCUT2D eigenvalue weighted by Gasteiger charge is 2.11. The number of hydrogen-bond donors (Lipinski definition) is 1. The first-order chi connectivity index (χ1) is 8.85. The van der Waals surface area contributed by atoms with Gasteiger partial charge in [0.05, 0.1) is 6.61 Å². The van der Waals surface area contributed by atoms with Gasteiger partial charge in [-0.25, -0.2) is 0 Å². The summed E-state index contributed by atoms with van der Waals surface area (Å²) < 4.78 is 7.20. The molecule has 2 rings (SSSR count). The number of thioether (sulfide) groups is 1. The maximum Gasteiger partial charge on any atom is 0.195 e. The highest BCUT2D eigenvalue weighted by atomic mass is 32.2. The third-order valence-corrected chi connectivity index (χ3v) is 3.66. The highest BCUT2D eigenvalue weighted by molar-refractivity contribution is 7.99. The Balaban J connectivity index is 2.00. The molecule has 98 valence electrons. The number of aromatic nitrogens is 3. The lowest BCUT2D eigenvalue weighted by Crippen LogP contribution is -2.35. The summed E-state index contributed by atoms with van der Waals surface area (Å²) in [6.45, 7) is 3.74. The lowest BCUT2D eigenvalue weighted by Gasteiger charge is -2.15. The average molecular weight is 266 g/mol. The van der Waals surface area contributed by atoms with Gasteiger partial charge < -0.3 is 10.1 Å². The zero-order chi connectivity index (χ0) is 12.8. The van der Waals surface area contributed by atoms with Crippen LogP contribution in [0.2, 0.25) is 0 Å². The summed E-state index contributed by atoms with van der Waals surface area (Å²) in [6.07, 6.45) is 1.98. The Kier molecular flexibility index (Phi) is 4.98. The quantitative estimate of drug-likeness (QED) is 0.769. The van der Waals surface area contributed by atoms with E-state index >= 15 is 0 Å². The summed E-state index contributed by atoms with van der Waals surface area (Å²) in [5.74, 6) is 0.914. The lowest BCUT2D eigenvalue weighted by molar-refractivity contribution is 0.174. The SMILES string of the molecule is CCNC(COC)CSc1nnc2ccccn12.